The maximum absolute atomic E-state index is 10.8. The minimum Gasteiger partial charge on any atom is -0.375 e. The first kappa shape index (κ1) is 10.7. The van der Waals surface area contributed by atoms with Gasteiger partial charge < -0.3 is 15.4 Å². The summed E-state index contributed by atoms with van der Waals surface area (Å²) in [4.78, 5) is 10.8. The van der Waals surface area contributed by atoms with Gasteiger partial charge in [0.25, 0.3) is 0 Å². The average Bonchev–Trinajstić information content (AvgIpc) is 1.80. The minimum absolute atomic E-state index is 0. The second-order valence-electron chi connectivity index (χ2n) is 2.36. The first-order chi connectivity index (χ1) is 4.83. The van der Waals surface area contributed by atoms with Crippen LogP contribution < -0.4 is 10.6 Å². The van der Waals surface area contributed by atoms with Gasteiger partial charge >= 0.3 is 0 Å². The lowest BCUT2D eigenvalue weighted by Crippen LogP contribution is -2.57. The van der Waals surface area contributed by atoms with E-state index < -0.39 is 0 Å². The van der Waals surface area contributed by atoms with Crippen LogP contribution in [0.2, 0.25) is 0 Å². The number of nitrogens with one attached hydrogen (secondary N) is 2. The van der Waals surface area contributed by atoms with Crippen LogP contribution in [-0.2, 0) is 9.53 Å². The molecule has 1 aliphatic heterocycles. The van der Waals surface area contributed by atoms with Crippen LogP contribution in [0.3, 0.4) is 0 Å². The van der Waals surface area contributed by atoms with Gasteiger partial charge in [-0.05, 0) is 0 Å². The molecule has 5 heteroatoms. The molecule has 2 N–H and O–H groups in total. The van der Waals surface area contributed by atoms with Crippen molar-refractivity contribution in [3.63, 3.8) is 0 Å². The minimum atomic E-state index is -0.0333. The van der Waals surface area contributed by atoms with Gasteiger partial charge in [0, 0.05) is 20.2 Å². The quantitative estimate of drug-likeness (QED) is 0.595. The largest absolute Gasteiger partial charge is 0.375 e. The SMILES string of the molecule is COCC(=O)NC1CNC1.Cl. The van der Waals surface area contributed by atoms with E-state index in [0.717, 1.165) is 13.1 Å². The Bertz CT molecular complexity index is 128. The van der Waals surface area contributed by atoms with Crippen LogP contribution in [0.25, 0.3) is 0 Å². The van der Waals surface area contributed by atoms with Crippen molar-refractivity contribution in [3.8, 4) is 0 Å². The maximum atomic E-state index is 10.8. The molecule has 1 aliphatic rings. The summed E-state index contributed by atoms with van der Waals surface area (Å²) in [6, 6.07) is 0.322. The first-order valence-electron chi connectivity index (χ1n) is 3.32. The van der Waals surface area contributed by atoms with E-state index in [1.54, 1.807) is 0 Å². The predicted octanol–water partition coefficient (Wildman–Crippen LogP) is -0.857. The summed E-state index contributed by atoms with van der Waals surface area (Å²) in [7, 11) is 1.51. The van der Waals surface area contributed by atoms with Crippen molar-refractivity contribution in [2.45, 2.75) is 6.04 Å². The molecule has 0 atom stereocenters. The summed E-state index contributed by atoms with van der Waals surface area (Å²) in [6.45, 7) is 1.93. The Balaban J connectivity index is 0.000001000. The number of methoxy groups -OCH3 is 1. The van der Waals surface area contributed by atoms with Gasteiger partial charge in [0.1, 0.15) is 6.61 Å². The Labute approximate surface area is 72.1 Å². The summed E-state index contributed by atoms with van der Waals surface area (Å²) in [5, 5.41) is 5.84. The lowest BCUT2D eigenvalue weighted by molar-refractivity contribution is -0.125. The molecule has 4 nitrogen and oxygen atoms in total. The van der Waals surface area contributed by atoms with Crippen LogP contribution in [0.5, 0.6) is 0 Å². The molecular weight excluding hydrogens is 168 g/mol. The van der Waals surface area contributed by atoms with Gasteiger partial charge in [0.2, 0.25) is 5.91 Å². The predicted molar refractivity (Wildman–Crippen MR) is 43.9 cm³/mol. The van der Waals surface area contributed by atoms with Crippen molar-refractivity contribution in [3.05, 3.63) is 0 Å². The van der Waals surface area contributed by atoms with Gasteiger partial charge in [-0.2, -0.15) is 0 Å². The zero-order chi connectivity index (χ0) is 7.40. The topological polar surface area (TPSA) is 50.4 Å². The fourth-order valence-electron chi connectivity index (χ4n) is 0.791. The van der Waals surface area contributed by atoms with E-state index in [2.05, 4.69) is 15.4 Å². The summed E-state index contributed by atoms with van der Waals surface area (Å²) < 4.78 is 4.64. The fraction of sp³-hybridized carbons (Fsp3) is 0.833. The number of hydrogen-bond acceptors (Lipinski definition) is 3. The number of rotatable bonds is 3. The number of amides is 1. The molecule has 1 amide bonds. The highest BCUT2D eigenvalue weighted by Gasteiger charge is 2.17. The van der Waals surface area contributed by atoms with Gasteiger partial charge in [-0.25, -0.2) is 0 Å². The molecular formula is C6H13ClN2O2. The van der Waals surface area contributed by atoms with E-state index in [1.807, 2.05) is 0 Å². The van der Waals surface area contributed by atoms with Gasteiger partial charge in [0.15, 0.2) is 0 Å². The van der Waals surface area contributed by atoms with Crippen molar-refractivity contribution in [1.29, 1.82) is 0 Å². The molecule has 0 spiro atoms. The van der Waals surface area contributed by atoms with Crippen molar-refractivity contribution in [1.82, 2.24) is 10.6 Å². The molecule has 0 bridgehead atoms. The summed E-state index contributed by atoms with van der Waals surface area (Å²) >= 11 is 0. The van der Waals surface area contributed by atoms with Crippen molar-refractivity contribution >= 4 is 18.3 Å². The first-order valence-corrected chi connectivity index (χ1v) is 3.32. The van der Waals surface area contributed by atoms with Gasteiger partial charge in [-0.15, -0.1) is 12.4 Å². The Morgan fingerprint density at radius 2 is 2.36 bits per heavy atom. The Morgan fingerprint density at radius 1 is 1.73 bits per heavy atom. The van der Waals surface area contributed by atoms with Crippen LogP contribution in [0.1, 0.15) is 0 Å². The Kier molecular flexibility index (Phi) is 5.19. The van der Waals surface area contributed by atoms with E-state index in [0.29, 0.717) is 6.04 Å². The maximum Gasteiger partial charge on any atom is 0.246 e. The third kappa shape index (κ3) is 3.55. The molecule has 0 aliphatic carbocycles. The second kappa shape index (κ2) is 5.35. The number of carbonyl (C=O) groups is 1. The summed E-state index contributed by atoms with van der Waals surface area (Å²) in [5.74, 6) is -0.0333. The van der Waals surface area contributed by atoms with Crippen LogP contribution in [0.4, 0.5) is 0 Å². The number of hydrogen-bond donors (Lipinski definition) is 2. The molecule has 1 heterocycles. The van der Waals surface area contributed by atoms with E-state index in [9.17, 15) is 4.79 Å². The van der Waals surface area contributed by atoms with Crippen LogP contribution in [0.15, 0.2) is 0 Å². The van der Waals surface area contributed by atoms with Crippen LogP contribution >= 0.6 is 12.4 Å². The number of ether oxygens (including phenoxy) is 1. The lowest BCUT2D eigenvalue weighted by Gasteiger charge is -2.27. The highest BCUT2D eigenvalue weighted by atomic mass is 35.5. The average molecular weight is 181 g/mol. The third-order valence-electron chi connectivity index (χ3n) is 1.42. The molecule has 66 valence electrons. The van der Waals surface area contributed by atoms with Crippen molar-refractivity contribution in [2.24, 2.45) is 0 Å². The normalized spacial score (nSPS) is 16.5. The monoisotopic (exact) mass is 180 g/mol. The molecule has 1 saturated heterocycles. The fourth-order valence-corrected chi connectivity index (χ4v) is 0.791. The van der Waals surface area contributed by atoms with Crippen LogP contribution in [-0.4, -0.2) is 38.8 Å². The third-order valence-corrected chi connectivity index (χ3v) is 1.42. The lowest BCUT2D eigenvalue weighted by atomic mass is 10.2. The highest BCUT2D eigenvalue weighted by Crippen LogP contribution is 1.89. The summed E-state index contributed by atoms with van der Waals surface area (Å²) in [5.41, 5.74) is 0. The van der Waals surface area contributed by atoms with E-state index in [-0.39, 0.29) is 24.9 Å². The molecule has 0 saturated carbocycles. The second-order valence-corrected chi connectivity index (χ2v) is 2.36. The van der Waals surface area contributed by atoms with Crippen LogP contribution in [0, 0.1) is 0 Å². The molecule has 1 rings (SSSR count). The zero-order valence-electron chi connectivity index (χ0n) is 6.42. The van der Waals surface area contributed by atoms with Gasteiger partial charge in [-0.3, -0.25) is 4.79 Å². The van der Waals surface area contributed by atoms with E-state index in [4.69, 9.17) is 0 Å². The smallest absolute Gasteiger partial charge is 0.246 e. The molecule has 0 aromatic carbocycles. The number of halogens is 1. The molecule has 0 radical (unpaired) electrons. The summed E-state index contributed by atoms with van der Waals surface area (Å²) in [6.07, 6.45) is 0. The molecule has 0 aromatic heterocycles. The molecule has 0 aromatic rings. The number of carbonyl (C=O) groups excluding carboxylic acids is 1. The zero-order valence-corrected chi connectivity index (χ0v) is 7.24. The van der Waals surface area contributed by atoms with Crippen molar-refractivity contribution < 1.29 is 9.53 Å². The standard InChI is InChI=1S/C6H12N2O2.ClH/c1-10-4-6(9)8-5-2-7-3-5;/h5,7H,2-4H2,1H3,(H,8,9);1H. The van der Waals surface area contributed by atoms with Crippen molar-refractivity contribution in [2.75, 3.05) is 26.8 Å². The van der Waals surface area contributed by atoms with E-state index in [1.165, 1.54) is 7.11 Å². The Morgan fingerprint density at radius 3 is 2.73 bits per heavy atom. The molecule has 11 heavy (non-hydrogen) atoms. The van der Waals surface area contributed by atoms with Gasteiger partial charge in [0.05, 0.1) is 6.04 Å². The highest BCUT2D eigenvalue weighted by molar-refractivity contribution is 5.85. The van der Waals surface area contributed by atoms with Gasteiger partial charge in [-0.1, -0.05) is 0 Å². The molecule has 1 fully saturated rings. The Hall–Kier alpha value is -0.320. The molecule has 0 unspecified atom stereocenters. The van der Waals surface area contributed by atoms with E-state index >= 15 is 0 Å².